The van der Waals surface area contributed by atoms with Crippen molar-refractivity contribution in [1.29, 1.82) is 0 Å². The monoisotopic (exact) mass is 266 g/mol. The molecule has 2 amide bonds. The molecule has 0 aromatic heterocycles. The standard InChI is InChI=1S/C14H22N2O3/c1-3-7-11(4-2)16-13(19)15-10-14(12(17)18)8-5-6-9-14/h1,11H,4-10H2,2H3,(H,17,18)(H2,15,16,19). The molecule has 1 aliphatic carbocycles. The minimum absolute atomic E-state index is 0.0608. The lowest BCUT2D eigenvalue weighted by atomic mass is 9.86. The van der Waals surface area contributed by atoms with Gasteiger partial charge in [0.15, 0.2) is 0 Å². The van der Waals surface area contributed by atoms with Crippen LogP contribution in [0.5, 0.6) is 0 Å². The maximum Gasteiger partial charge on any atom is 0.315 e. The summed E-state index contributed by atoms with van der Waals surface area (Å²) in [6.45, 7) is 2.12. The molecule has 1 aliphatic rings. The summed E-state index contributed by atoms with van der Waals surface area (Å²) in [5, 5.41) is 14.7. The lowest BCUT2D eigenvalue weighted by molar-refractivity contribution is -0.148. The van der Waals surface area contributed by atoms with E-state index in [1.165, 1.54) is 0 Å². The van der Waals surface area contributed by atoms with Crippen LogP contribution in [0.1, 0.15) is 45.4 Å². The second kappa shape index (κ2) is 7.03. The Morgan fingerprint density at radius 1 is 1.42 bits per heavy atom. The van der Waals surface area contributed by atoms with Crippen molar-refractivity contribution in [2.24, 2.45) is 5.41 Å². The van der Waals surface area contributed by atoms with Crippen molar-refractivity contribution in [3.8, 4) is 12.3 Å². The molecular formula is C14H22N2O3. The largest absolute Gasteiger partial charge is 0.481 e. The molecule has 106 valence electrons. The molecule has 0 saturated heterocycles. The molecule has 0 heterocycles. The van der Waals surface area contributed by atoms with Gasteiger partial charge >= 0.3 is 12.0 Å². The Labute approximate surface area is 114 Å². The Bertz CT molecular complexity index is 367. The van der Waals surface area contributed by atoms with Gasteiger partial charge < -0.3 is 15.7 Å². The number of amides is 2. The molecule has 0 spiro atoms. The highest BCUT2D eigenvalue weighted by Crippen LogP contribution is 2.37. The molecule has 0 bridgehead atoms. The topological polar surface area (TPSA) is 78.4 Å². The lowest BCUT2D eigenvalue weighted by Gasteiger charge is -2.24. The Morgan fingerprint density at radius 2 is 2.05 bits per heavy atom. The number of hydrogen-bond acceptors (Lipinski definition) is 2. The maximum absolute atomic E-state index is 11.7. The maximum atomic E-state index is 11.7. The highest BCUT2D eigenvalue weighted by atomic mass is 16.4. The summed E-state index contributed by atoms with van der Waals surface area (Å²) >= 11 is 0. The molecule has 5 nitrogen and oxygen atoms in total. The van der Waals surface area contributed by atoms with Gasteiger partial charge in [-0.25, -0.2) is 4.79 Å². The number of nitrogens with one attached hydrogen (secondary N) is 2. The second-order valence-electron chi connectivity index (χ2n) is 5.13. The van der Waals surface area contributed by atoms with Crippen LogP contribution in [-0.2, 0) is 4.79 Å². The van der Waals surface area contributed by atoms with E-state index in [9.17, 15) is 14.7 Å². The summed E-state index contributed by atoms with van der Waals surface area (Å²) in [6, 6.07) is -0.399. The smallest absolute Gasteiger partial charge is 0.315 e. The van der Waals surface area contributed by atoms with E-state index in [0.717, 1.165) is 19.3 Å². The summed E-state index contributed by atoms with van der Waals surface area (Å²) in [7, 11) is 0. The van der Waals surface area contributed by atoms with Gasteiger partial charge in [0.25, 0.3) is 0 Å². The SMILES string of the molecule is C#CCC(CC)NC(=O)NCC1(C(=O)O)CCCC1. The summed E-state index contributed by atoms with van der Waals surface area (Å²) in [5.41, 5.74) is -0.787. The van der Waals surface area contributed by atoms with Crippen LogP contribution in [0.4, 0.5) is 4.79 Å². The number of carboxylic acid groups (broad SMARTS) is 1. The van der Waals surface area contributed by atoms with Crippen molar-refractivity contribution in [3.05, 3.63) is 0 Å². The highest BCUT2D eigenvalue weighted by molar-refractivity contribution is 5.78. The summed E-state index contributed by atoms with van der Waals surface area (Å²) in [4.78, 5) is 23.0. The van der Waals surface area contributed by atoms with E-state index < -0.39 is 11.4 Å². The zero-order valence-electron chi connectivity index (χ0n) is 11.4. The summed E-state index contributed by atoms with van der Waals surface area (Å²) < 4.78 is 0. The molecule has 0 aromatic carbocycles. The van der Waals surface area contributed by atoms with Gasteiger partial charge in [0.05, 0.1) is 5.41 Å². The molecule has 19 heavy (non-hydrogen) atoms. The molecular weight excluding hydrogens is 244 g/mol. The molecule has 1 rings (SSSR count). The van der Waals surface area contributed by atoms with Gasteiger partial charge in [-0.05, 0) is 19.3 Å². The third-order valence-electron chi connectivity index (χ3n) is 3.79. The highest BCUT2D eigenvalue weighted by Gasteiger charge is 2.41. The normalized spacial score (nSPS) is 18.3. The fourth-order valence-corrected chi connectivity index (χ4v) is 2.44. The van der Waals surface area contributed by atoms with Crippen molar-refractivity contribution in [2.45, 2.75) is 51.5 Å². The third kappa shape index (κ3) is 4.16. The van der Waals surface area contributed by atoms with Gasteiger partial charge in [-0.1, -0.05) is 19.8 Å². The van der Waals surface area contributed by atoms with Crippen molar-refractivity contribution in [1.82, 2.24) is 10.6 Å². The molecule has 1 fully saturated rings. The van der Waals surface area contributed by atoms with E-state index in [-0.39, 0.29) is 18.6 Å². The summed E-state index contributed by atoms with van der Waals surface area (Å²) in [6.07, 6.45) is 9.52. The Balaban J connectivity index is 2.45. The van der Waals surface area contributed by atoms with E-state index in [1.54, 1.807) is 0 Å². The predicted octanol–water partition coefficient (Wildman–Crippen LogP) is 1.73. The zero-order chi connectivity index (χ0) is 14.3. The fourth-order valence-electron chi connectivity index (χ4n) is 2.44. The van der Waals surface area contributed by atoms with E-state index in [0.29, 0.717) is 19.3 Å². The number of aliphatic carboxylic acids is 1. The Morgan fingerprint density at radius 3 is 2.53 bits per heavy atom. The molecule has 1 unspecified atom stereocenters. The Hall–Kier alpha value is -1.70. The zero-order valence-corrected chi connectivity index (χ0v) is 11.4. The number of terminal acetylenes is 1. The van der Waals surface area contributed by atoms with Gasteiger partial charge in [-0.15, -0.1) is 12.3 Å². The quantitative estimate of drug-likeness (QED) is 0.641. The molecule has 5 heteroatoms. The van der Waals surface area contributed by atoms with Gasteiger partial charge in [0, 0.05) is 19.0 Å². The molecule has 0 radical (unpaired) electrons. The number of carboxylic acids is 1. The molecule has 0 aliphatic heterocycles. The summed E-state index contributed by atoms with van der Waals surface area (Å²) in [5.74, 6) is 1.69. The second-order valence-corrected chi connectivity index (χ2v) is 5.13. The van der Waals surface area contributed by atoms with E-state index in [4.69, 9.17) is 6.42 Å². The van der Waals surface area contributed by atoms with Gasteiger partial charge in [0.2, 0.25) is 0 Å². The number of urea groups is 1. The van der Waals surface area contributed by atoms with E-state index in [1.807, 2.05) is 6.92 Å². The third-order valence-corrected chi connectivity index (χ3v) is 3.79. The van der Waals surface area contributed by atoms with Crippen LogP contribution in [0.25, 0.3) is 0 Å². The Kier molecular flexibility index (Phi) is 5.68. The fraction of sp³-hybridized carbons (Fsp3) is 0.714. The minimum Gasteiger partial charge on any atom is -0.481 e. The van der Waals surface area contributed by atoms with Crippen molar-refractivity contribution < 1.29 is 14.7 Å². The average molecular weight is 266 g/mol. The van der Waals surface area contributed by atoms with Crippen molar-refractivity contribution >= 4 is 12.0 Å². The van der Waals surface area contributed by atoms with Crippen LogP contribution in [0.2, 0.25) is 0 Å². The van der Waals surface area contributed by atoms with Crippen LogP contribution in [-0.4, -0.2) is 29.7 Å². The first-order valence-corrected chi connectivity index (χ1v) is 6.75. The van der Waals surface area contributed by atoms with Crippen LogP contribution in [0.3, 0.4) is 0 Å². The van der Waals surface area contributed by atoms with Gasteiger partial charge in [0.1, 0.15) is 0 Å². The number of rotatable bonds is 6. The van der Waals surface area contributed by atoms with Gasteiger partial charge in [-0.2, -0.15) is 0 Å². The molecule has 0 aromatic rings. The average Bonchev–Trinajstić information content (AvgIpc) is 2.86. The lowest BCUT2D eigenvalue weighted by Crippen LogP contribution is -2.47. The van der Waals surface area contributed by atoms with Crippen LogP contribution >= 0.6 is 0 Å². The van der Waals surface area contributed by atoms with E-state index in [2.05, 4.69) is 16.6 Å². The van der Waals surface area contributed by atoms with Crippen LogP contribution in [0.15, 0.2) is 0 Å². The van der Waals surface area contributed by atoms with Crippen LogP contribution in [0, 0.1) is 17.8 Å². The number of carbonyl (C=O) groups is 2. The first kappa shape index (κ1) is 15.4. The minimum atomic E-state index is -0.819. The van der Waals surface area contributed by atoms with E-state index >= 15 is 0 Å². The molecule has 1 saturated carbocycles. The van der Waals surface area contributed by atoms with Crippen molar-refractivity contribution in [2.75, 3.05) is 6.54 Å². The molecule has 3 N–H and O–H groups in total. The van der Waals surface area contributed by atoms with Crippen molar-refractivity contribution in [3.63, 3.8) is 0 Å². The number of hydrogen-bond donors (Lipinski definition) is 3. The van der Waals surface area contributed by atoms with Crippen LogP contribution < -0.4 is 10.6 Å². The first-order valence-electron chi connectivity index (χ1n) is 6.75. The molecule has 1 atom stereocenters. The first-order chi connectivity index (χ1) is 9.04. The number of carbonyl (C=O) groups excluding carboxylic acids is 1. The predicted molar refractivity (Wildman–Crippen MR) is 72.6 cm³/mol. The van der Waals surface area contributed by atoms with Gasteiger partial charge in [-0.3, -0.25) is 4.79 Å².